The number of carbonyl (C=O) groups excluding carboxylic acids is 1. The van der Waals surface area contributed by atoms with Gasteiger partial charge in [0.2, 0.25) is 5.91 Å². The zero-order valence-electron chi connectivity index (χ0n) is 13.9. The lowest BCUT2D eigenvalue weighted by Gasteiger charge is -2.32. The van der Waals surface area contributed by atoms with Crippen molar-refractivity contribution in [2.24, 2.45) is 11.3 Å². The van der Waals surface area contributed by atoms with Crippen LogP contribution in [0, 0.1) is 5.41 Å². The van der Waals surface area contributed by atoms with E-state index in [1.807, 2.05) is 45.0 Å². The molecule has 0 bridgehead atoms. The van der Waals surface area contributed by atoms with E-state index in [1.54, 1.807) is 0 Å². The van der Waals surface area contributed by atoms with Crippen LogP contribution in [0.25, 0.3) is 0 Å². The maximum atomic E-state index is 12.2. The first-order valence-electron chi connectivity index (χ1n) is 7.27. The van der Waals surface area contributed by atoms with E-state index in [-0.39, 0.29) is 11.3 Å². The van der Waals surface area contributed by atoms with Crippen LogP contribution in [0.2, 0.25) is 0 Å². The SMILES string of the molecule is CC(C)(C)c1cccc(C(C(=O)NN)C(O)C(C)(C)C)c1. The summed E-state index contributed by atoms with van der Waals surface area (Å²) in [7, 11) is 0. The van der Waals surface area contributed by atoms with Crippen LogP contribution in [0.1, 0.15) is 58.6 Å². The summed E-state index contributed by atoms with van der Waals surface area (Å²) in [5.74, 6) is 4.25. The van der Waals surface area contributed by atoms with Gasteiger partial charge in [0.25, 0.3) is 0 Å². The van der Waals surface area contributed by atoms with Crippen molar-refractivity contribution in [2.75, 3.05) is 0 Å². The van der Waals surface area contributed by atoms with E-state index in [0.29, 0.717) is 0 Å². The van der Waals surface area contributed by atoms with Gasteiger partial charge in [-0.3, -0.25) is 10.2 Å². The molecule has 1 aromatic carbocycles. The summed E-state index contributed by atoms with van der Waals surface area (Å²) >= 11 is 0. The van der Waals surface area contributed by atoms with E-state index in [2.05, 4.69) is 26.2 Å². The molecule has 0 fully saturated rings. The van der Waals surface area contributed by atoms with Crippen molar-refractivity contribution in [3.8, 4) is 0 Å². The lowest BCUT2D eigenvalue weighted by atomic mass is 9.76. The Kier molecular flexibility index (Phi) is 5.18. The minimum Gasteiger partial charge on any atom is -0.391 e. The van der Waals surface area contributed by atoms with E-state index >= 15 is 0 Å². The first kappa shape index (κ1) is 17.7. The molecule has 1 aromatic rings. The van der Waals surface area contributed by atoms with Crippen LogP contribution in [0.5, 0.6) is 0 Å². The van der Waals surface area contributed by atoms with Crippen LogP contribution in [-0.4, -0.2) is 17.1 Å². The van der Waals surface area contributed by atoms with E-state index in [0.717, 1.165) is 11.1 Å². The third-order valence-electron chi connectivity index (χ3n) is 3.74. The molecule has 4 nitrogen and oxygen atoms in total. The van der Waals surface area contributed by atoms with Crippen molar-refractivity contribution >= 4 is 5.91 Å². The molecule has 1 amide bonds. The number of rotatable bonds is 3. The summed E-state index contributed by atoms with van der Waals surface area (Å²) in [6, 6.07) is 7.80. The molecule has 0 aliphatic heterocycles. The third-order valence-corrected chi connectivity index (χ3v) is 3.74. The van der Waals surface area contributed by atoms with Gasteiger partial charge in [-0.05, 0) is 22.0 Å². The largest absolute Gasteiger partial charge is 0.391 e. The predicted octanol–water partition coefficient (Wildman–Crippen LogP) is 2.46. The predicted molar refractivity (Wildman–Crippen MR) is 85.7 cm³/mol. The van der Waals surface area contributed by atoms with Crippen LogP contribution in [-0.2, 0) is 10.2 Å². The fraction of sp³-hybridized carbons (Fsp3) is 0.588. The minimum atomic E-state index is -0.823. The number of aliphatic hydroxyl groups is 1. The quantitative estimate of drug-likeness (QED) is 0.455. The number of hydrogen-bond donors (Lipinski definition) is 3. The van der Waals surface area contributed by atoms with E-state index in [4.69, 9.17) is 5.84 Å². The fourth-order valence-electron chi connectivity index (χ4n) is 2.27. The van der Waals surface area contributed by atoms with E-state index < -0.39 is 17.4 Å². The number of hydrogen-bond acceptors (Lipinski definition) is 3. The molecule has 1 rings (SSSR count). The number of hydrazine groups is 1. The second kappa shape index (κ2) is 6.16. The third kappa shape index (κ3) is 4.29. The molecule has 0 radical (unpaired) electrons. The van der Waals surface area contributed by atoms with Crippen molar-refractivity contribution in [3.05, 3.63) is 35.4 Å². The van der Waals surface area contributed by atoms with Crippen LogP contribution in [0.3, 0.4) is 0 Å². The van der Waals surface area contributed by atoms with Gasteiger partial charge >= 0.3 is 0 Å². The molecule has 0 saturated heterocycles. The van der Waals surface area contributed by atoms with Gasteiger partial charge < -0.3 is 5.11 Å². The summed E-state index contributed by atoms with van der Waals surface area (Å²) in [4.78, 5) is 12.2. The van der Waals surface area contributed by atoms with Crippen LogP contribution in [0.4, 0.5) is 0 Å². The molecule has 4 heteroatoms. The highest BCUT2D eigenvalue weighted by atomic mass is 16.3. The highest BCUT2D eigenvalue weighted by molar-refractivity contribution is 5.84. The van der Waals surface area contributed by atoms with Crippen LogP contribution in [0.15, 0.2) is 24.3 Å². The topological polar surface area (TPSA) is 75.4 Å². The first-order chi connectivity index (χ1) is 9.48. The van der Waals surface area contributed by atoms with Gasteiger partial charge in [-0.1, -0.05) is 65.8 Å². The van der Waals surface area contributed by atoms with Crippen molar-refractivity contribution in [1.29, 1.82) is 0 Å². The van der Waals surface area contributed by atoms with Crippen molar-refractivity contribution in [3.63, 3.8) is 0 Å². The lowest BCUT2D eigenvalue weighted by Crippen LogP contribution is -2.44. The van der Waals surface area contributed by atoms with Crippen molar-refractivity contribution < 1.29 is 9.90 Å². The van der Waals surface area contributed by atoms with Gasteiger partial charge in [-0.25, -0.2) is 5.84 Å². The molecule has 0 aromatic heterocycles. The Hall–Kier alpha value is -1.39. The normalized spacial score (nSPS) is 15.4. The molecule has 118 valence electrons. The molecule has 0 aliphatic carbocycles. The van der Waals surface area contributed by atoms with Gasteiger partial charge in [-0.15, -0.1) is 0 Å². The summed E-state index contributed by atoms with van der Waals surface area (Å²) < 4.78 is 0. The van der Waals surface area contributed by atoms with Crippen molar-refractivity contribution in [1.82, 2.24) is 5.43 Å². The molecular formula is C17H28N2O2. The second-order valence-corrected chi connectivity index (χ2v) is 7.67. The zero-order valence-corrected chi connectivity index (χ0v) is 13.9. The average Bonchev–Trinajstić information content (AvgIpc) is 2.37. The molecule has 2 atom stereocenters. The number of carbonyl (C=O) groups is 1. The monoisotopic (exact) mass is 292 g/mol. The maximum absolute atomic E-state index is 12.2. The molecule has 0 spiro atoms. The Labute approximate surface area is 127 Å². The van der Waals surface area contributed by atoms with E-state index in [9.17, 15) is 9.90 Å². The molecule has 21 heavy (non-hydrogen) atoms. The molecule has 0 saturated carbocycles. The second-order valence-electron chi connectivity index (χ2n) is 7.67. The number of aliphatic hydroxyl groups excluding tert-OH is 1. The fourth-order valence-corrected chi connectivity index (χ4v) is 2.27. The number of amides is 1. The van der Waals surface area contributed by atoms with Gasteiger partial charge in [0, 0.05) is 0 Å². The van der Waals surface area contributed by atoms with Crippen LogP contribution >= 0.6 is 0 Å². The maximum Gasteiger partial charge on any atom is 0.244 e. The van der Waals surface area contributed by atoms with E-state index in [1.165, 1.54) is 0 Å². The Bertz CT molecular complexity index is 498. The van der Waals surface area contributed by atoms with Gasteiger partial charge in [0.1, 0.15) is 0 Å². The number of nitrogens with one attached hydrogen (secondary N) is 1. The Morgan fingerprint density at radius 2 is 1.76 bits per heavy atom. The summed E-state index contributed by atoms with van der Waals surface area (Å²) in [6.07, 6.45) is -0.823. The smallest absolute Gasteiger partial charge is 0.244 e. The average molecular weight is 292 g/mol. The summed E-state index contributed by atoms with van der Waals surface area (Å²) in [6.45, 7) is 12.1. The summed E-state index contributed by atoms with van der Waals surface area (Å²) in [5, 5.41) is 10.6. The molecular weight excluding hydrogens is 264 g/mol. The van der Waals surface area contributed by atoms with Gasteiger partial charge in [0.15, 0.2) is 0 Å². The standard InChI is InChI=1S/C17H28N2O2/c1-16(2,3)12-9-7-8-11(10-12)13(15(21)19-18)14(20)17(4,5)6/h7-10,13-14,20H,18H2,1-6H3,(H,19,21). The first-order valence-corrected chi connectivity index (χ1v) is 7.27. The summed E-state index contributed by atoms with van der Waals surface area (Å²) in [5.41, 5.74) is 3.64. The minimum absolute atomic E-state index is 0.0214. The Morgan fingerprint density at radius 3 is 2.19 bits per heavy atom. The Morgan fingerprint density at radius 1 is 1.19 bits per heavy atom. The Balaban J connectivity index is 3.31. The highest BCUT2D eigenvalue weighted by Crippen LogP contribution is 2.34. The molecule has 0 heterocycles. The van der Waals surface area contributed by atoms with Crippen LogP contribution < -0.4 is 11.3 Å². The molecule has 2 unspecified atom stereocenters. The van der Waals surface area contributed by atoms with Gasteiger partial charge in [0.05, 0.1) is 12.0 Å². The highest BCUT2D eigenvalue weighted by Gasteiger charge is 2.36. The lowest BCUT2D eigenvalue weighted by molar-refractivity contribution is -0.127. The number of benzene rings is 1. The van der Waals surface area contributed by atoms with Gasteiger partial charge in [-0.2, -0.15) is 0 Å². The number of nitrogens with two attached hydrogens (primary N) is 1. The van der Waals surface area contributed by atoms with Crippen molar-refractivity contribution in [2.45, 2.75) is 59.0 Å². The zero-order chi connectivity index (χ0) is 16.4. The molecule has 0 aliphatic rings. The molecule has 4 N–H and O–H groups in total.